The molecule has 2 aromatic rings. The molecule has 152 valence electrons. The number of unbranched alkanes of at least 4 members (excludes halogenated alkanes) is 2. The minimum absolute atomic E-state index is 0.0272. The van der Waals surface area contributed by atoms with Crippen molar-refractivity contribution in [1.82, 2.24) is 9.97 Å². The number of aromatic nitrogens is 2. The topological polar surface area (TPSA) is 48.6 Å². The third-order valence-corrected chi connectivity index (χ3v) is 5.50. The summed E-state index contributed by atoms with van der Waals surface area (Å²) in [5.41, 5.74) is 9.72. The zero-order valence-electron chi connectivity index (χ0n) is 18.5. The van der Waals surface area contributed by atoms with Crippen LogP contribution >= 0.6 is 0 Å². The van der Waals surface area contributed by atoms with Gasteiger partial charge in [0.2, 0.25) is 0 Å². The first kappa shape index (κ1) is 22.0. The van der Waals surface area contributed by atoms with Gasteiger partial charge in [0.15, 0.2) is 5.78 Å². The molecule has 2 aromatic heterocycles. The Morgan fingerprint density at radius 1 is 0.714 bits per heavy atom. The molecule has 2 N–H and O–H groups in total. The molecule has 0 amide bonds. The van der Waals surface area contributed by atoms with Gasteiger partial charge in [-0.05, 0) is 99.9 Å². The highest BCUT2D eigenvalue weighted by Crippen LogP contribution is 2.23. The van der Waals surface area contributed by atoms with Crippen LogP contribution < -0.4 is 0 Å². The summed E-state index contributed by atoms with van der Waals surface area (Å²) in [6.07, 6.45) is 14.1. The summed E-state index contributed by atoms with van der Waals surface area (Å²) in [7, 11) is 0. The van der Waals surface area contributed by atoms with Crippen molar-refractivity contribution in [1.29, 1.82) is 0 Å². The molecule has 0 aromatic carbocycles. The Labute approximate surface area is 170 Å². The van der Waals surface area contributed by atoms with Gasteiger partial charge in [-0.3, -0.25) is 4.79 Å². The third-order valence-electron chi connectivity index (χ3n) is 5.50. The normalized spacial score (nSPS) is 11.9. The van der Waals surface area contributed by atoms with Crippen LogP contribution in [-0.4, -0.2) is 15.8 Å². The van der Waals surface area contributed by atoms with Crippen LogP contribution in [0.5, 0.6) is 0 Å². The van der Waals surface area contributed by atoms with E-state index < -0.39 is 0 Å². The fourth-order valence-electron chi connectivity index (χ4n) is 3.89. The minimum atomic E-state index is 0.0272. The van der Waals surface area contributed by atoms with E-state index in [9.17, 15) is 4.79 Å². The first-order valence-electron chi connectivity index (χ1n) is 10.6. The lowest BCUT2D eigenvalue weighted by Gasteiger charge is -2.02. The van der Waals surface area contributed by atoms with E-state index in [-0.39, 0.29) is 5.78 Å². The van der Waals surface area contributed by atoms with Gasteiger partial charge in [0.05, 0.1) is 0 Å². The summed E-state index contributed by atoms with van der Waals surface area (Å²) in [5, 5.41) is 0. The van der Waals surface area contributed by atoms with Crippen molar-refractivity contribution in [3.63, 3.8) is 0 Å². The molecule has 0 saturated heterocycles. The van der Waals surface area contributed by atoms with Crippen LogP contribution in [0, 0.1) is 27.7 Å². The molecule has 0 fully saturated rings. The van der Waals surface area contributed by atoms with E-state index in [1.165, 1.54) is 59.3 Å². The number of ketones is 1. The fraction of sp³-hybridized carbons (Fsp3) is 0.480. The lowest BCUT2D eigenvalue weighted by atomic mass is 10.0. The summed E-state index contributed by atoms with van der Waals surface area (Å²) in [5.74, 6) is 0.0272. The maximum atomic E-state index is 12.5. The second-order valence-corrected chi connectivity index (χ2v) is 7.81. The molecule has 3 nitrogen and oxygen atoms in total. The average molecular weight is 381 g/mol. The fourth-order valence-corrected chi connectivity index (χ4v) is 3.89. The van der Waals surface area contributed by atoms with Gasteiger partial charge in [-0.1, -0.05) is 26.7 Å². The minimum Gasteiger partial charge on any atom is -0.362 e. The Bertz CT molecular complexity index is 791. The van der Waals surface area contributed by atoms with E-state index >= 15 is 0 Å². The largest absolute Gasteiger partial charge is 0.362 e. The Kier molecular flexibility index (Phi) is 8.10. The number of nitrogens with one attached hydrogen (secondary N) is 2. The van der Waals surface area contributed by atoms with Crippen molar-refractivity contribution in [3.8, 4) is 0 Å². The van der Waals surface area contributed by atoms with Crippen LogP contribution in [0.25, 0.3) is 12.2 Å². The molecule has 0 atom stereocenters. The number of hydrogen-bond donors (Lipinski definition) is 2. The van der Waals surface area contributed by atoms with Crippen molar-refractivity contribution >= 4 is 17.9 Å². The van der Waals surface area contributed by atoms with Crippen molar-refractivity contribution < 1.29 is 4.79 Å². The van der Waals surface area contributed by atoms with Crippen molar-refractivity contribution in [2.24, 2.45) is 0 Å². The highest BCUT2D eigenvalue weighted by molar-refractivity contribution is 6.04. The Hall–Kier alpha value is -2.29. The molecular weight excluding hydrogens is 344 g/mol. The number of hydrogen-bond acceptors (Lipinski definition) is 1. The molecule has 0 aliphatic carbocycles. The van der Waals surface area contributed by atoms with E-state index in [0.29, 0.717) is 0 Å². The predicted octanol–water partition coefficient (Wildman–Crippen LogP) is 6.56. The first-order chi connectivity index (χ1) is 13.4. The smallest absolute Gasteiger partial charge is 0.178 e. The van der Waals surface area contributed by atoms with Crippen molar-refractivity contribution in [2.75, 3.05) is 0 Å². The van der Waals surface area contributed by atoms with Crippen LogP contribution in [0.1, 0.15) is 84.6 Å². The van der Waals surface area contributed by atoms with Crippen LogP contribution in [0.4, 0.5) is 0 Å². The van der Waals surface area contributed by atoms with Crippen molar-refractivity contribution in [3.05, 3.63) is 57.2 Å². The molecule has 0 aliphatic rings. The molecular formula is C25H36N2O. The Morgan fingerprint density at radius 2 is 1.11 bits per heavy atom. The number of allylic oxidation sites excluding steroid dienone is 2. The van der Waals surface area contributed by atoms with Gasteiger partial charge in [-0.15, -0.1) is 0 Å². The quantitative estimate of drug-likeness (QED) is 0.451. The Balaban J connectivity index is 2.17. The van der Waals surface area contributed by atoms with Crippen molar-refractivity contribution in [2.45, 2.75) is 80.1 Å². The monoisotopic (exact) mass is 380 g/mol. The molecule has 0 radical (unpaired) electrons. The van der Waals surface area contributed by atoms with Gasteiger partial charge in [-0.2, -0.15) is 0 Å². The number of aromatic amines is 2. The summed E-state index contributed by atoms with van der Waals surface area (Å²) >= 11 is 0. The molecule has 2 heterocycles. The summed E-state index contributed by atoms with van der Waals surface area (Å²) in [4.78, 5) is 19.3. The van der Waals surface area contributed by atoms with E-state index in [0.717, 1.165) is 24.2 Å². The average Bonchev–Trinajstić information content (AvgIpc) is 3.08. The summed E-state index contributed by atoms with van der Waals surface area (Å²) in [6, 6.07) is 0. The van der Waals surface area contributed by atoms with Crippen LogP contribution in [0.15, 0.2) is 12.2 Å². The summed E-state index contributed by atoms with van der Waals surface area (Å²) in [6.45, 7) is 12.8. The van der Waals surface area contributed by atoms with E-state index in [2.05, 4.69) is 51.5 Å². The molecule has 0 spiro atoms. The number of rotatable bonds is 10. The maximum absolute atomic E-state index is 12.5. The third kappa shape index (κ3) is 5.37. The van der Waals surface area contributed by atoms with Gasteiger partial charge >= 0.3 is 0 Å². The zero-order valence-corrected chi connectivity index (χ0v) is 18.5. The molecule has 3 heteroatoms. The maximum Gasteiger partial charge on any atom is 0.178 e. The van der Waals surface area contributed by atoms with Gasteiger partial charge in [0, 0.05) is 22.8 Å². The molecule has 28 heavy (non-hydrogen) atoms. The Morgan fingerprint density at radius 3 is 1.46 bits per heavy atom. The van der Waals surface area contributed by atoms with E-state index in [1.54, 1.807) is 12.2 Å². The van der Waals surface area contributed by atoms with Crippen LogP contribution in [-0.2, 0) is 17.6 Å². The van der Waals surface area contributed by atoms with Gasteiger partial charge < -0.3 is 9.97 Å². The highest BCUT2D eigenvalue weighted by atomic mass is 16.1. The van der Waals surface area contributed by atoms with Gasteiger partial charge in [0.25, 0.3) is 0 Å². The molecule has 0 unspecified atom stereocenters. The number of carbonyl (C=O) groups excluding carboxylic acids is 1. The highest BCUT2D eigenvalue weighted by Gasteiger charge is 2.11. The standard InChI is InChI=1S/C25H36N2O/c1-7-9-11-22-17(3)26-19(5)24(22)15-13-21(28)14-16-25-20(6)27-18(4)23(25)12-10-8-2/h13-16,26-27H,7-12H2,1-6H3. The molecule has 0 aliphatic heterocycles. The van der Waals surface area contributed by atoms with Gasteiger partial charge in [-0.25, -0.2) is 0 Å². The number of aryl methyl sites for hydroxylation is 4. The van der Waals surface area contributed by atoms with Gasteiger partial charge in [0.1, 0.15) is 0 Å². The van der Waals surface area contributed by atoms with Crippen LogP contribution in [0.2, 0.25) is 0 Å². The summed E-state index contributed by atoms with van der Waals surface area (Å²) < 4.78 is 0. The van der Waals surface area contributed by atoms with E-state index in [4.69, 9.17) is 0 Å². The molecule has 2 rings (SSSR count). The second-order valence-electron chi connectivity index (χ2n) is 7.81. The second kappa shape index (κ2) is 10.3. The zero-order chi connectivity index (χ0) is 20.7. The first-order valence-corrected chi connectivity index (χ1v) is 10.6. The lowest BCUT2D eigenvalue weighted by Crippen LogP contribution is -1.91. The molecule has 0 bridgehead atoms. The van der Waals surface area contributed by atoms with Crippen LogP contribution in [0.3, 0.4) is 0 Å². The number of H-pyrrole nitrogens is 2. The predicted molar refractivity (Wildman–Crippen MR) is 121 cm³/mol. The molecule has 0 saturated carbocycles. The lowest BCUT2D eigenvalue weighted by molar-refractivity contribution is -0.110. The SMILES string of the molecule is CCCCc1c(C)[nH]c(C)c1C=CC(=O)C=Cc1c(C)[nH]c(C)c1CCCC. The number of carbonyl (C=O) groups is 1. The van der Waals surface area contributed by atoms with E-state index in [1.807, 2.05) is 12.2 Å².